The van der Waals surface area contributed by atoms with E-state index in [1.807, 2.05) is 0 Å². The van der Waals surface area contributed by atoms with Gasteiger partial charge in [0.2, 0.25) is 0 Å². The molecule has 0 radical (unpaired) electrons. The van der Waals surface area contributed by atoms with E-state index in [1.165, 1.54) is 19.4 Å². The number of ether oxygens (including phenoxy) is 1. The maximum absolute atomic E-state index is 9.24. The van der Waals surface area contributed by atoms with Crippen molar-refractivity contribution in [1.82, 2.24) is 10.2 Å². The van der Waals surface area contributed by atoms with E-state index in [0.29, 0.717) is 17.9 Å². The second-order valence-electron chi connectivity index (χ2n) is 5.97. The van der Waals surface area contributed by atoms with E-state index in [-0.39, 0.29) is 0 Å². The largest absolute Gasteiger partial charge is 0.396 e. The van der Waals surface area contributed by atoms with E-state index in [1.54, 1.807) is 0 Å². The standard InChI is InChI=1S/C14H28N2O2/c1-2-15-11-14(4-7-18-8-5-14)12-16-6-3-13(9-16)10-17/h13,15,17H,2-12H2,1H3. The molecule has 2 N–H and O–H groups in total. The summed E-state index contributed by atoms with van der Waals surface area (Å²) in [6, 6.07) is 0. The molecular formula is C14H28N2O2. The molecule has 4 nitrogen and oxygen atoms in total. The molecule has 0 aliphatic carbocycles. The Hall–Kier alpha value is -0.160. The molecule has 0 bridgehead atoms. The van der Waals surface area contributed by atoms with E-state index in [9.17, 15) is 5.11 Å². The topological polar surface area (TPSA) is 44.7 Å². The van der Waals surface area contributed by atoms with Crippen LogP contribution in [0.2, 0.25) is 0 Å². The van der Waals surface area contributed by atoms with Crippen LogP contribution in [0.15, 0.2) is 0 Å². The summed E-state index contributed by atoms with van der Waals surface area (Å²) in [6.45, 7) is 9.87. The highest BCUT2D eigenvalue weighted by Gasteiger charge is 2.36. The molecule has 0 saturated carbocycles. The second-order valence-corrected chi connectivity index (χ2v) is 5.97. The van der Waals surface area contributed by atoms with Gasteiger partial charge in [0.1, 0.15) is 0 Å². The Labute approximate surface area is 111 Å². The van der Waals surface area contributed by atoms with Gasteiger partial charge in [-0.2, -0.15) is 0 Å². The van der Waals surface area contributed by atoms with Crippen molar-refractivity contribution < 1.29 is 9.84 Å². The summed E-state index contributed by atoms with van der Waals surface area (Å²) >= 11 is 0. The van der Waals surface area contributed by atoms with Gasteiger partial charge in [-0.25, -0.2) is 0 Å². The number of hydrogen-bond acceptors (Lipinski definition) is 4. The first-order valence-electron chi connectivity index (χ1n) is 7.40. The SMILES string of the molecule is CCNCC1(CN2CCC(CO)C2)CCOCC1. The fourth-order valence-electron chi connectivity index (χ4n) is 3.27. The Morgan fingerprint density at radius 3 is 2.78 bits per heavy atom. The van der Waals surface area contributed by atoms with Gasteiger partial charge in [0.05, 0.1) is 0 Å². The zero-order chi connectivity index (χ0) is 12.8. The molecule has 18 heavy (non-hydrogen) atoms. The minimum atomic E-state index is 0.347. The zero-order valence-electron chi connectivity index (χ0n) is 11.7. The van der Waals surface area contributed by atoms with Crippen LogP contribution in [0.25, 0.3) is 0 Å². The third kappa shape index (κ3) is 3.67. The first-order valence-corrected chi connectivity index (χ1v) is 7.40. The lowest BCUT2D eigenvalue weighted by atomic mass is 9.79. The summed E-state index contributed by atoms with van der Waals surface area (Å²) in [5.74, 6) is 0.501. The Kier molecular flexibility index (Phi) is 5.42. The number of rotatable bonds is 6. The minimum absolute atomic E-state index is 0.347. The van der Waals surface area contributed by atoms with E-state index < -0.39 is 0 Å². The monoisotopic (exact) mass is 256 g/mol. The fourth-order valence-corrected chi connectivity index (χ4v) is 3.27. The normalized spacial score (nSPS) is 28.7. The number of likely N-dealkylation sites (tertiary alicyclic amines) is 1. The van der Waals surface area contributed by atoms with Gasteiger partial charge in [-0.05, 0) is 43.7 Å². The lowest BCUT2D eigenvalue weighted by Gasteiger charge is -2.40. The van der Waals surface area contributed by atoms with Crippen LogP contribution in [-0.2, 0) is 4.74 Å². The molecule has 0 aromatic rings. The summed E-state index contributed by atoms with van der Waals surface area (Å²) in [5, 5.41) is 12.8. The van der Waals surface area contributed by atoms with Crippen LogP contribution in [0.1, 0.15) is 26.2 Å². The van der Waals surface area contributed by atoms with Crippen LogP contribution in [0, 0.1) is 11.3 Å². The van der Waals surface area contributed by atoms with Crippen molar-refractivity contribution in [2.45, 2.75) is 26.2 Å². The molecule has 0 spiro atoms. The number of aliphatic hydroxyl groups excluding tert-OH is 1. The van der Waals surface area contributed by atoms with Gasteiger partial charge in [-0.3, -0.25) is 0 Å². The molecule has 2 rings (SSSR count). The highest BCUT2D eigenvalue weighted by atomic mass is 16.5. The predicted molar refractivity (Wildman–Crippen MR) is 72.7 cm³/mol. The third-order valence-corrected chi connectivity index (χ3v) is 4.49. The van der Waals surface area contributed by atoms with Crippen LogP contribution in [0.3, 0.4) is 0 Å². The number of aliphatic hydroxyl groups is 1. The molecule has 2 aliphatic rings. The van der Waals surface area contributed by atoms with Gasteiger partial charge in [0.15, 0.2) is 0 Å². The molecule has 1 unspecified atom stereocenters. The van der Waals surface area contributed by atoms with Crippen molar-refractivity contribution in [3.8, 4) is 0 Å². The second kappa shape index (κ2) is 6.85. The lowest BCUT2D eigenvalue weighted by molar-refractivity contribution is -0.00151. The molecular weight excluding hydrogens is 228 g/mol. The number of nitrogens with one attached hydrogen (secondary N) is 1. The van der Waals surface area contributed by atoms with E-state index in [0.717, 1.165) is 45.8 Å². The summed E-state index contributed by atoms with van der Waals surface area (Å²) in [4.78, 5) is 2.55. The Bertz CT molecular complexity index is 242. The van der Waals surface area contributed by atoms with Crippen molar-refractivity contribution >= 4 is 0 Å². The number of hydrogen-bond donors (Lipinski definition) is 2. The van der Waals surface area contributed by atoms with Crippen LogP contribution in [0.5, 0.6) is 0 Å². The summed E-state index contributed by atoms with van der Waals surface area (Å²) in [5.41, 5.74) is 0.388. The minimum Gasteiger partial charge on any atom is -0.396 e. The van der Waals surface area contributed by atoms with Crippen molar-refractivity contribution in [1.29, 1.82) is 0 Å². The highest BCUT2D eigenvalue weighted by molar-refractivity contribution is 4.89. The Balaban J connectivity index is 1.88. The molecule has 106 valence electrons. The van der Waals surface area contributed by atoms with Gasteiger partial charge < -0.3 is 20.1 Å². The van der Waals surface area contributed by atoms with Crippen LogP contribution < -0.4 is 5.32 Å². The molecule has 0 aromatic carbocycles. The van der Waals surface area contributed by atoms with Crippen LogP contribution >= 0.6 is 0 Å². The van der Waals surface area contributed by atoms with Gasteiger partial charge >= 0.3 is 0 Å². The molecule has 2 aliphatic heterocycles. The van der Waals surface area contributed by atoms with Crippen molar-refractivity contribution in [2.75, 3.05) is 52.5 Å². The fraction of sp³-hybridized carbons (Fsp3) is 1.00. The van der Waals surface area contributed by atoms with E-state index in [2.05, 4.69) is 17.1 Å². The molecule has 4 heteroatoms. The first kappa shape index (κ1) is 14.3. The Morgan fingerprint density at radius 2 is 2.17 bits per heavy atom. The van der Waals surface area contributed by atoms with E-state index in [4.69, 9.17) is 4.74 Å². The maximum Gasteiger partial charge on any atom is 0.0472 e. The summed E-state index contributed by atoms with van der Waals surface area (Å²) in [6.07, 6.45) is 3.49. The number of nitrogens with zero attached hydrogens (tertiary/aromatic N) is 1. The van der Waals surface area contributed by atoms with Crippen molar-refractivity contribution in [3.63, 3.8) is 0 Å². The maximum atomic E-state index is 9.24. The average molecular weight is 256 g/mol. The molecule has 2 saturated heterocycles. The smallest absolute Gasteiger partial charge is 0.0472 e. The van der Waals surface area contributed by atoms with Crippen LogP contribution in [0.4, 0.5) is 0 Å². The summed E-state index contributed by atoms with van der Waals surface area (Å²) in [7, 11) is 0. The molecule has 0 aromatic heterocycles. The first-order chi connectivity index (χ1) is 8.78. The van der Waals surface area contributed by atoms with Gasteiger partial charge in [0.25, 0.3) is 0 Å². The highest BCUT2D eigenvalue weighted by Crippen LogP contribution is 2.32. The molecule has 2 heterocycles. The molecule has 0 amide bonds. The Morgan fingerprint density at radius 1 is 1.39 bits per heavy atom. The average Bonchev–Trinajstić information content (AvgIpc) is 2.85. The van der Waals surface area contributed by atoms with Gasteiger partial charge in [-0.1, -0.05) is 6.92 Å². The quantitative estimate of drug-likeness (QED) is 0.734. The zero-order valence-corrected chi connectivity index (χ0v) is 11.7. The van der Waals surface area contributed by atoms with Gasteiger partial charge in [0, 0.05) is 39.5 Å². The van der Waals surface area contributed by atoms with Crippen LogP contribution in [-0.4, -0.2) is 62.6 Å². The van der Waals surface area contributed by atoms with Crippen molar-refractivity contribution in [3.05, 3.63) is 0 Å². The van der Waals surface area contributed by atoms with Gasteiger partial charge in [-0.15, -0.1) is 0 Å². The van der Waals surface area contributed by atoms with Crippen molar-refractivity contribution in [2.24, 2.45) is 11.3 Å². The molecule has 1 atom stereocenters. The third-order valence-electron chi connectivity index (χ3n) is 4.49. The molecule has 2 fully saturated rings. The predicted octanol–water partition coefficient (Wildman–Crippen LogP) is 0.707. The van der Waals surface area contributed by atoms with E-state index >= 15 is 0 Å². The summed E-state index contributed by atoms with van der Waals surface area (Å²) < 4.78 is 5.53. The lowest BCUT2D eigenvalue weighted by Crippen LogP contribution is -2.47.